The molecule has 0 saturated heterocycles. The average Bonchev–Trinajstić information content (AvgIpc) is 2.57. The zero-order chi connectivity index (χ0) is 19.2. The Morgan fingerprint density at radius 3 is 2.12 bits per heavy atom. The highest BCUT2D eigenvalue weighted by Gasteiger charge is 2.26. The van der Waals surface area contributed by atoms with Crippen molar-refractivity contribution in [1.29, 1.82) is 0 Å². The Hall–Kier alpha value is -1.93. The molecule has 7 nitrogen and oxygen atoms in total. The number of amides is 1. The van der Waals surface area contributed by atoms with Gasteiger partial charge in [-0.05, 0) is 36.1 Å². The number of nitrogens with one attached hydrogen (secondary N) is 2. The van der Waals surface area contributed by atoms with Crippen LogP contribution in [-0.4, -0.2) is 38.0 Å². The van der Waals surface area contributed by atoms with Crippen molar-refractivity contribution in [2.75, 3.05) is 6.54 Å². The Labute approximate surface area is 148 Å². The monoisotopic (exact) mass is 370 g/mol. The van der Waals surface area contributed by atoms with Gasteiger partial charge in [0.05, 0.1) is 4.90 Å². The highest BCUT2D eigenvalue weighted by Crippen LogP contribution is 2.13. The summed E-state index contributed by atoms with van der Waals surface area (Å²) in [6.07, 6.45) is 0.607. The molecule has 0 aromatic heterocycles. The summed E-state index contributed by atoms with van der Waals surface area (Å²) < 4.78 is 26.7. The molecule has 0 unspecified atom stereocenters. The van der Waals surface area contributed by atoms with Gasteiger partial charge < -0.3 is 10.4 Å². The molecule has 0 bridgehead atoms. The van der Waals surface area contributed by atoms with Gasteiger partial charge in [-0.25, -0.2) is 17.9 Å². The van der Waals surface area contributed by atoms with E-state index in [9.17, 15) is 23.1 Å². The number of hydrogen-bond acceptors (Lipinski definition) is 4. The van der Waals surface area contributed by atoms with Crippen molar-refractivity contribution in [2.45, 2.75) is 45.1 Å². The molecule has 1 amide bonds. The first-order chi connectivity index (χ1) is 11.6. The minimum absolute atomic E-state index is 0.0569. The third kappa shape index (κ3) is 6.13. The number of rotatable bonds is 9. The number of carbonyl (C=O) groups is 2. The van der Waals surface area contributed by atoms with Gasteiger partial charge in [0.2, 0.25) is 10.0 Å². The van der Waals surface area contributed by atoms with Crippen LogP contribution in [0.3, 0.4) is 0 Å². The van der Waals surface area contributed by atoms with Crippen molar-refractivity contribution >= 4 is 21.9 Å². The quantitative estimate of drug-likeness (QED) is 0.614. The minimum atomic E-state index is -3.63. The SMILES string of the molecule is CC[C@H](C)[C@H](NC(=O)c1ccc(S(=O)(=O)NCC(C)C)cc1)C(=O)O. The minimum Gasteiger partial charge on any atom is -0.480 e. The van der Waals surface area contributed by atoms with Gasteiger partial charge in [0.15, 0.2) is 0 Å². The van der Waals surface area contributed by atoms with E-state index in [2.05, 4.69) is 10.0 Å². The topological polar surface area (TPSA) is 113 Å². The Morgan fingerprint density at radius 1 is 1.12 bits per heavy atom. The van der Waals surface area contributed by atoms with Gasteiger partial charge in [0.1, 0.15) is 6.04 Å². The number of carbonyl (C=O) groups excluding carboxylic acids is 1. The van der Waals surface area contributed by atoms with Crippen LogP contribution in [0.25, 0.3) is 0 Å². The summed E-state index contributed by atoms with van der Waals surface area (Å²) in [5.74, 6) is -1.69. The van der Waals surface area contributed by atoms with Crippen LogP contribution in [0.4, 0.5) is 0 Å². The number of hydrogen-bond donors (Lipinski definition) is 3. The second-order valence-corrected chi connectivity index (χ2v) is 8.21. The van der Waals surface area contributed by atoms with Crippen LogP contribution in [0, 0.1) is 11.8 Å². The zero-order valence-corrected chi connectivity index (χ0v) is 15.8. The summed E-state index contributed by atoms with van der Waals surface area (Å²) in [6.45, 7) is 7.70. The average molecular weight is 370 g/mol. The van der Waals surface area contributed by atoms with Gasteiger partial charge in [0.25, 0.3) is 5.91 Å². The molecule has 8 heteroatoms. The third-order valence-electron chi connectivity index (χ3n) is 3.87. The number of carboxylic acid groups (broad SMARTS) is 1. The van der Waals surface area contributed by atoms with Crippen LogP contribution in [0.5, 0.6) is 0 Å². The van der Waals surface area contributed by atoms with Crippen molar-refractivity contribution in [2.24, 2.45) is 11.8 Å². The molecule has 0 spiro atoms. The lowest BCUT2D eigenvalue weighted by Gasteiger charge is -2.20. The predicted octanol–water partition coefficient (Wildman–Crippen LogP) is 1.85. The highest BCUT2D eigenvalue weighted by molar-refractivity contribution is 7.89. The maximum absolute atomic E-state index is 12.2. The van der Waals surface area contributed by atoms with E-state index >= 15 is 0 Å². The molecular formula is C17H26N2O5S. The van der Waals surface area contributed by atoms with Gasteiger partial charge in [0, 0.05) is 12.1 Å². The Kier molecular flexibility index (Phi) is 7.57. The van der Waals surface area contributed by atoms with E-state index in [-0.39, 0.29) is 22.3 Å². The molecular weight excluding hydrogens is 344 g/mol. The van der Waals surface area contributed by atoms with Crippen LogP contribution in [0.2, 0.25) is 0 Å². The lowest BCUT2D eigenvalue weighted by molar-refractivity contribution is -0.140. The molecule has 1 rings (SSSR count). The van der Waals surface area contributed by atoms with Crippen molar-refractivity contribution in [1.82, 2.24) is 10.0 Å². The molecule has 0 radical (unpaired) electrons. The van der Waals surface area contributed by atoms with Gasteiger partial charge in [-0.3, -0.25) is 4.79 Å². The Balaban J connectivity index is 2.88. The van der Waals surface area contributed by atoms with Crippen LogP contribution >= 0.6 is 0 Å². The highest BCUT2D eigenvalue weighted by atomic mass is 32.2. The van der Waals surface area contributed by atoms with E-state index in [1.807, 2.05) is 20.8 Å². The fraction of sp³-hybridized carbons (Fsp3) is 0.529. The maximum atomic E-state index is 12.2. The van der Waals surface area contributed by atoms with Gasteiger partial charge in [-0.2, -0.15) is 0 Å². The van der Waals surface area contributed by atoms with E-state index in [1.165, 1.54) is 24.3 Å². The van der Waals surface area contributed by atoms with E-state index in [4.69, 9.17) is 0 Å². The Morgan fingerprint density at radius 2 is 1.68 bits per heavy atom. The van der Waals surface area contributed by atoms with Crippen molar-refractivity contribution in [3.05, 3.63) is 29.8 Å². The van der Waals surface area contributed by atoms with Gasteiger partial charge in [-0.15, -0.1) is 0 Å². The van der Waals surface area contributed by atoms with E-state index in [1.54, 1.807) is 6.92 Å². The maximum Gasteiger partial charge on any atom is 0.326 e. The second-order valence-electron chi connectivity index (χ2n) is 6.45. The summed E-state index contributed by atoms with van der Waals surface area (Å²) >= 11 is 0. The summed E-state index contributed by atoms with van der Waals surface area (Å²) in [5, 5.41) is 11.7. The molecule has 0 aliphatic rings. The van der Waals surface area contributed by atoms with Gasteiger partial charge in [-0.1, -0.05) is 34.1 Å². The molecule has 3 N–H and O–H groups in total. The molecule has 1 aromatic carbocycles. The molecule has 140 valence electrons. The first-order valence-electron chi connectivity index (χ1n) is 8.21. The molecule has 0 saturated carbocycles. The van der Waals surface area contributed by atoms with Crippen molar-refractivity contribution in [3.8, 4) is 0 Å². The number of sulfonamides is 1. The van der Waals surface area contributed by atoms with Crippen LogP contribution in [-0.2, 0) is 14.8 Å². The predicted molar refractivity (Wildman–Crippen MR) is 94.8 cm³/mol. The molecule has 2 atom stereocenters. The van der Waals surface area contributed by atoms with Crippen molar-refractivity contribution < 1.29 is 23.1 Å². The summed E-state index contributed by atoms with van der Waals surface area (Å²) in [5.41, 5.74) is 0.206. The van der Waals surface area contributed by atoms with Crippen molar-refractivity contribution in [3.63, 3.8) is 0 Å². The lowest BCUT2D eigenvalue weighted by atomic mass is 9.99. The largest absolute Gasteiger partial charge is 0.480 e. The summed E-state index contributed by atoms with van der Waals surface area (Å²) in [7, 11) is -3.63. The molecule has 1 aromatic rings. The normalized spacial score (nSPS) is 14.1. The number of aliphatic carboxylic acids is 1. The van der Waals surface area contributed by atoms with E-state index in [0.29, 0.717) is 13.0 Å². The van der Waals surface area contributed by atoms with Crippen LogP contribution < -0.4 is 10.0 Å². The van der Waals surface area contributed by atoms with E-state index in [0.717, 1.165) is 0 Å². The summed E-state index contributed by atoms with van der Waals surface area (Å²) in [6, 6.07) is 4.41. The second kappa shape index (κ2) is 8.96. The summed E-state index contributed by atoms with van der Waals surface area (Å²) in [4.78, 5) is 23.6. The molecule has 25 heavy (non-hydrogen) atoms. The molecule has 0 aliphatic carbocycles. The first-order valence-corrected chi connectivity index (χ1v) is 9.70. The standard InChI is InChI=1S/C17H26N2O5S/c1-5-12(4)15(17(21)22)19-16(20)13-6-8-14(9-7-13)25(23,24)18-10-11(2)3/h6-9,11-12,15,18H,5,10H2,1-4H3,(H,19,20)(H,21,22)/t12-,15-/m0/s1. The fourth-order valence-corrected chi connectivity index (χ4v) is 3.27. The number of carboxylic acids is 1. The molecule has 0 fully saturated rings. The van der Waals surface area contributed by atoms with Gasteiger partial charge >= 0.3 is 5.97 Å². The molecule has 0 aliphatic heterocycles. The number of benzene rings is 1. The first kappa shape index (κ1) is 21.1. The lowest BCUT2D eigenvalue weighted by Crippen LogP contribution is -2.45. The third-order valence-corrected chi connectivity index (χ3v) is 5.31. The smallest absolute Gasteiger partial charge is 0.326 e. The zero-order valence-electron chi connectivity index (χ0n) is 14.9. The van der Waals surface area contributed by atoms with Crippen LogP contribution in [0.1, 0.15) is 44.5 Å². The van der Waals surface area contributed by atoms with E-state index < -0.39 is 27.9 Å². The fourth-order valence-electron chi connectivity index (χ4n) is 2.05. The Bertz CT molecular complexity index is 698. The van der Waals surface area contributed by atoms with Crippen LogP contribution in [0.15, 0.2) is 29.2 Å². The molecule has 0 heterocycles.